The maximum absolute atomic E-state index is 4.14. The van der Waals surface area contributed by atoms with E-state index in [9.17, 15) is 0 Å². The lowest BCUT2D eigenvalue weighted by molar-refractivity contribution is 0.955. The van der Waals surface area contributed by atoms with Crippen molar-refractivity contribution in [3.8, 4) is 0 Å². The zero-order valence-corrected chi connectivity index (χ0v) is 9.21. The highest BCUT2D eigenvalue weighted by atomic mass is 79.9. The Labute approximate surface area is 87.1 Å². The molecule has 0 spiro atoms. The second-order valence-electron chi connectivity index (χ2n) is 3.47. The Hall–Kier alpha value is -0.570. The van der Waals surface area contributed by atoms with Gasteiger partial charge in [0.25, 0.3) is 0 Å². The van der Waals surface area contributed by atoms with Crippen molar-refractivity contribution in [3.05, 3.63) is 28.9 Å². The van der Waals surface area contributed by atoms with Crippen LogP contribution in [0, 0.1) is 5.92 Å². The first kappa shape index (κ1) is 9.00. The predicted molar refractivity (Wildman–Crippen MR) is 57.7 cm³/mol. The first-order valence-corrected chi connectivity index (χ1v) is 5.20. The van der Waals surface area contributed by atoms with Gasteiger partial charge in [0, 0.05) is 24.3 Å². The smallest absolute Gasteiger partial charge is 0.0561 e. The van der Waals surface area contributed by atoms with Gasteiger partial charge in [0.1, 0.15) is 0 Å². The van der Waals surface area contributed by atoms with Crippen LogP contribution in [0.25, 0.3) is 0 Å². The van der Waals surface area contributed by atoms with Gasteiger partial charge < -0.3 is 4.90 Å². The molecule has 1 aromatic rings. The first-order valence-electron chi connectivity index (χ1n) is 4.41. The van der Waals surface area contributed by atoms with E-state index in [0.717, 1.165) is 11.0 Å². The summed E-state index contributed by atoms with van der Waals surface area (Å²) in [6, 6.07) is 2.09. The van der Waals surface area contributed by atoms with Crippen LogP contribution in [0.3, 0.4) is 0 Å². The Kier molecular flexibility index (Phi) is 2.54. The highest BCUT2D eigenvalue weighted by molar-refractivity contribution is 9.10. The van der Waals surface area contributed by atoms with Gasteiger partial charge in [0.2, 0.25) is 0 Å². The lowest BCUT2D eigenvalue weighted by Gasteiger charge is -2.18. The molecule has 1 fully saturated rings. The maximum atomic E-state index is 4.14. The standard InChI is InChI=1S/C10H12BrN2/c1-13(7-8-2-3-8)10-4-9(11)5-12-6-10/h4-6H,2-3,7H2,1H3. The molecule has 1 aliphatic rings. The van der Waals surface area contributed by atoms with Gasteiger partial charge in [0.15, 0.2) is 0 Å². The van der Waals surface area contributed by atoms with Crippen LogP contribution < -0.4 is 4.90 Å². The third kappa shape index (κ3) is 2.44. The van der Waals surface area contributed by atoms with E-state index in [0.29, 0.717) is 0 Å². The molecule has 1 aromatic heterocycles. The summed E-state index contributed by atoms with van der Waals surface area (Å²) in [7, 11) is 2.11. The van der Waals surface area contributed by atoms with Crippen LogP contribution in [0.15, 0.2) is 22.9 Å². The van der Waals surface area contributed by atoms with Gasteiger partial charge in [-0.2, -0.15) is 0 Å². The van der Waals surface area contributed by atoms with E-state index in [4.69, 9.17) is 0 Å². The quantitative estimate of drug-likeness (QED) is 0.807. The zero-order valence-electron chi connectivity index (χ0n) is 7.63. The molecule has 0 amide bonds. The van der Waals surface area contributed by atoms with Crippen molar-refractivity contribution in [3.63, 3.8) is 0 Å². The Bertz CT molecular complexity index is 297. The Balaban J connectivity index is 2.04. The van der Waals surface area contributed by atoms with E-state index >= 15 is 0 Å². The van der Waals surface area contributed by atoms with Gasteiger partial charge >= 0.3 is 0 Å². The van der Waals surface area contributed by atoms with Crippen LogP contribution in [0.2, 0.25) is 0 Å². The Morgan fingerprint density at radius 1 is 1.46 bits per heavy atom. The average Bonchev–Trinajstić information content (AvgIpc) is 2.88. The fraction of sp³-hybridized carbons (Fsp3) is 0.400. The summed E-state index contributed by atoms with van der Waals surface area (Å²) in [6.45, 7) is 1.08. The second-order valence-corrected chi connectivity index (χ2v) is 4.38. The van der Waals surface area contributed by atoms with E-state index in [-0.39, 0.29) is 0 Å². The summed E-state index contributed by atoms with van der Waals surface area (Å²) in [5, 5.41) is 0. The molecule has 1 aliphatic carbocycles. The van der Waals surface area contributed by atoms with E-state index < -0.39 is 0 Å². The molecule has 0 aliphatic heterocycles. The first-order chi connectivity index (χ1) is 6.25. The van der Waals surface area contributed by atoms with Gasteiger partial charge in [-0.3, -0.25) is 4.98 Å². The minimum Gasteiger partial charge on any atom is -0.373 e. The van der Waals surface area contributed by atoms with Crippen LogP contribution in [0.4, 0.5) is 5.69 Å². The fourth-order valence-corrected chi connectivity index (χ4v) is 1.64. The average molecular weight is 240 g/mol. The van der Waals surface area contributed by atoms with Crippen molar-refractivity contribution in [2.45, 2.75) is 12.8 Å². The molecular formula is C10H12BrN2. The van der Waals surface area contributed by atoms with Crippen molar-refractivity contribution in [1.29, 1.82) is 0 Å². The second kappa shape index (κ2) is 3.66. The van der Waals surface area contributed by atoms with Gasteiger partial charge in [-0.05, 0) is 40.8 Å². The van der Waals surface area contributed by atoms with Crippen molar-refractivity contribution < 1.29 is 0 Å². The summed E-state index contributed by atoms with van der Waals surface area (Å²) < 4.78 is 1.04. The largest absolute Gasteiger partial charge is 0.373 e. The van der Waals surface area contributed by atoms with Crippen LogP contribution in [0.5, 0.6) is 0 Å². The Morgan fingerprint density at radius 2 is 2.23 bits per heavy atom. The van der Waals surface area contributed by atoms with E-state index in [2.05, 4.69) is 38.9 Å². The molecule has 0 N–H and O–H groups in total. The maximum Gasteiger partial charge on any atom is 0.0561 e. The van der Waals surface area contributed by atoms with Crippen LogP contribution >= 0.6 is 15.9 Å². The molecule has 0 aromatic carbocycles. The van der Waals surface area contributed by atoms with Gasteiger partial charge in [-0.25, -0.2) is 0 Å². The molecule has 0 saturated heterocycles. The molecule has 69 valence electrons. The predicted octanol–water partition coefficient (Wildman–Crippen LogP) is 2.65. The summed E-state index contributed by atoms with van der Waals surface area (Å²) >= 11 is 3.42. The molecular weight excluding hydrogens is 228 g/mol. The van der Waals surface area contributed by atoms with E-state index in [1.807, 2.05) is 12.4 Å². The van der Waals surface area contributed by atoms with Crippen LogP contribution in [0.1, 0.15) is 12.8 Å². The lowest BCUT2D eigenvalue weighted by Crippen LogP contribution is -2.19. The molecule has 0 bridgehead atoms. The molecule has 1 saturated carbocycles. The van der Waals surface area contributed by atoms with Gasteiger partial charge in [-0.15, -0.1) is 0 Å². The number of hydrogen-bond acceptors (Lipinski definition) is 2. The zero-order chi connectivity index (χ0) is 9.26. The van der Waals surface area contributed by atoms with E-state index in [1.54, 1.807) is 5.92 Å². The molecule has 13 heavy (non-hydrogen) atoms. The lowest BCUT2D eigenvalue weighted by atomic mass is 10.3. The third-order valence-electron chi connectivity index (χ3n) is 2.20. The summed E-state index contributed by atoms with van der Waals surface area (Å²) in [5.41, 5.74) is 1.17. The minimum atomic E-state index is 1.04. The molecule has 3 heteroatoms. The molecule has 0 atom stereocenters. The Morgan fingerprint density at radius 3 is 2.85 bits per heavy atom. The fourth-order valence-electron chi connectivity index (χ4n) is 1.28. The molecule has 1 heterocycles. The number of pyridine rings is 1. The molecule has 0 unspecified atom stereocenters. The minimum absolute atomic E-state index is 1.04. The van der Waals surface area contributed by atoms with Crippen molar-refractivity contribution in [1.82, 2.24) is 4.98 Å². The normalized spacial score (nSPS) is 15.8. The van der Waals surface area contributed by atoms with Crippen LogP contribution in [-0.4, -0.2) is 18.6 Å². The molecule has 1 radical (unpaired) electrons. The summed E-state index contributed by atoms with van der Waals surface area (Å²) in [6.07, 6.45) is 6.33. The highest BCUT2D eigenvalue weighted by Gasteiger charge is 2.23. The third-order valence-corrected chi connectivity index (χ3v) is 2.63. The topological polar surface area (TPSA) is 16.1 Å². The number of hydrogen-bond donors (Lipinski definition) is 0. The number of aromatic nitrogens is 1. The number of rotatable bonds is 3. The van der Waals surface area contributed by atoms with E-state index in [1.165, 1.54) is 18.5 Å². The number of anilines is 1. The van der Waals surface area contributed by atoms with Crippen molar-refractivity contribution in [2.75, 3.05) is 18.5 Å². The summed E-state index contributed by atoms with van der Waals surface area (Å²) in [4.78, 5) is 6.37. The highest BCUT2D eigenvalue weighted by Crippen LogP contribution is 2.33. The van der Waals surface area contributed by atoms with Crippen LogP contribution in [-0.2, 0) is 0 Å². The van der Waals surface area contributed by atoms with Crippen molar-refractivity contribution in [2.24, 2.45) is 0 Å². The van der Waals surface area contributed by atoms with Gasteiger partial charge in [-0.1, -0.05) is 0 Å². The number of nitrogens with zero attached hydrogens (tertiary/aromatic N) is 2. The van der Waals surface area contributed by atoms with Gasteiger partial charge in [0.05, 0.1) is 11.9 Å². The number of halogens is 1. The monoisotopic (exact) mass is 239 g/mol. The van der Waals surface area contributed by atoms with Crippen molar-refractivity contribution >= 4 is 21.6 Å². The SMILES string of the molecule is CN(C[C]1CC1)c1cncc(Br)c1. The molecule has 2 nitrogen and oxygen atoms in total. The summed E-state index contributed by atoms with van der Waals surface area (Å²) in [5.74, 6) is 1.64. The molecule has 2 rings (SSSR count).